The lowest BCUT2D eigenvalue weighted by Crippen LogP contribution is -2.34. The first kappa shape index (κ1) is 17.1. The summed E-state index contributed by atoms with van der Waals surface area (Å²) in [5, 5.41) is 13.2. The fourth-order valence-corrected chi connectivity index (χ4v) is 3.10. The smallest absolute Gasteiger partial charge is 0.308 e. The number of hydrogen-bond acceptors (Lipinski definition) is 4. The number of carbonyl (C=O) groups is 1. The predicted octanol–water partition coefficient (Wildman–Crippen LogP) is 0.781. The normalized spacial score (nSPS) is 13.0. The maximum atomic E-state index is 12.8. The topological polar surface area (TPSA) is 101 Å². The van der Waals surface area contributed by atoms with Crippen LogP contribution in [0.15, 0.2) is 41.6 Å². The van der Waals surface area contributed by atoms with Gasteiger partial charge in [-0.05, 0) is 36.2 Å². The number of rotatable bonds is 7. The Morgan fingerprint density at radius 2 is 2.04 bits per heavy atom. The number of nitrogens with zero attached hydrogens (tertiary/aromatic N) is 2. The fraction of sp³-hybridized carbons (Fsp3) is 0.286. The molecule has 23 heavy (non-hydrogen) atoms. The minimum atomic E-state index is -3.89. The van der Waals surface area contributed by atoms with E-state index < -0.39 is 27.7 Å². The molecule has 2 rings (SSSR count). The molecule has 1 aromatic heterocycles. The summed E-state index contributed by atoms with van der Waals surface area (Å²) in [6.07, 6.45) is 3.35. The van der Waals surface area contributed by atoms with E-state index >= 15 is 0 Å². The molecule has 0 aliphatic rings. The first-order valence-electron chi connectivity index (χ1n) is 6.73. The van der Waals surface area contributed by atoms with Crippen molar-refractivity contribution in [2.75, 3.05) is 6.54 Å². The van der Waals surface area contributed by atoms with Gasteiger partial charge in [0.25, 0.3) is 0 Å². The van der Waals surface area contributed by atoms with Crippen molar-refractivity contribution >= 4 is 16.0 Å². The van der Waals surface area contributed by atoms with E-state index in [1.165, 1.54) is 10.9 Å². The summed E-state index contributed by atoms with van der Waals surface area (Å²) in [4.78, 5) is 11.2. The molecule has 0 radical (unpaired) electrons. The summed E-state index contributed by atoms with van der Waals surface area (Å²) >= 11 is 0. The van der Waals surface area contributed by atoms with Gasteiger partial charge in [0.2, 0.25) is 10.0 Å². The highest BCUT2D eigenvalue weighted by molar-refractivity contribution is 7.89. The highest BCUT2D eigenvalue weighted by atomic mass is 32.2. The van der Waals surface area contributed by atoms with Crippen molar-refractivity contribution in [3.63, 3.8) is 0 Å². The van der Waals surface area contributed by atoms with Gasteiger partial charge in [0, 0.05) is 19.8 Å². The lowest BCUT2D eigenvalue weighted by Gasteiger charge is -2.13. The van der Waals surface area contributed by atoms with Gasteiger partial charge in [-0.15, -0.1) is 0 Å². The van der Waals surface area contributed by atoms with E-state index in [9.17, 15) is 22.7 Å². The first-order valence-corrected chi connectivity index (χ1v) is 8.22. The van der Waals surface area contributed by atoms with E-state index in [-0.39, 0.29) is 17.9 Å². The number of carboxylic acids is 1. The van der Waals surface area contributed by atoms with Gasteiger partial charge in [-0.1, -0.05) is 0 Å². The summed E-state index contributed by atoms with van der Waals surface area (Å²) in [6, 6.07) is 4.29. The van der Waals surface area contributed by atoms with Gasteiger partial charge in [-0.3, -0.25) is 9.48 Å². The van der Waals surface area contributed by atoms with Gasteiger partial charge in [0.15, 0.2) is 0 Å². The number of sulfonamides is 1. The number of aliphatic carboxylic acids is 1. The molecular weight excluding hydrogens is 325 g/mol. The molecule has 0 spiro atoms. The predicted molar refractivity (Wildman–Crippen MR) is 79.6 cm³/mol. The van der Waals surface area contributed by atoms with E-state index in [1.807, 2.05) is 0 Å². The summed E-state index contributed by atoms with van der Waals surface area (Å²) in [5.41, 5.74) is 0.695. The average Bonchev–Trinajstić information content (AvgIpc) is 2.89. The van der Waals surface area contributed by atoms with Gasteiger partial charge < -0.3 is 5.11 Å². The molecular formula is C14H16FN3O4S. The number of aryl methyl sites for hydroxylation is 1. The number of nitrogens with one attached hydrogen (secondary N) is 1. The maximum absolute atomic E-state index is 12.8. The van der Waals surface area contributed by atoms with Crippen LogP contribution in [0.25, 0.3) is 0 Å². The number of hydrogen-bond donors (Lipinski definition) is 2. The Bertz CT molecular complexity index is 787. The second-order valence-corrected chi connectivity index (χ2v) is 6.83. The Morgan fingerprint density at radius 1 is 1.39 bits per heavy atom. The van der Waals surface area contributed by atoms with E-state index in [2.05, 4.69) is 9.82 Å². The third-order valence-corrected chi connectivity index (χ3v) is 4.67. The Labute approximate surface area is 132 Å². The minimum absolute atomic E-state index is 0.121. The van der Waals surface area contributed by atoms with Gasteiger partial charge in [-0.25, -0.2) is 17.5 Å². The molecule has 2 N–H and O–H groups in total. The number of carboxylic acid groups (broad SMARTS) is 1. The fourth-order valence-electron chi connectivity index (χ4n) is 2.02. The van der Waals surface area contributed by atoms with Crippen LogP contribution in [-0.2, 0) is 28.3 Å². The van der Waals surface area contributed by atoms with Crippen molar-refractivity contribution in [2.45, 2.75) is 11.3 Å². The third kappa shape index (κ3) is 4.60. The van der Waals surface area contributed by atoms with Crippen molar-refractivity contribution in [1.82, 2.24) is 14.5 Å². The number of benzene rings is 1. The molecule has 2 aromatic rings. The molecule has 0 saturated carbocycles. The molecule has 9 heteroatoms. The van der Waals surface area contributed by atoms with Crippen LogP contribution in [0, 0.1) is 11.7 Å². The summed E-state index contributed by atoms with van der Waals surface area (Å²) in [5.74, 6) is -2.60. The van der Waals surface area contributed by atoms with E-state index in [0.29, 0.717) is 5.56 Å². The molecule has 0 aliphatic carbocycles. The van der Waals surface area contributed by atoms with Crippen molar-refractivity contribution in [2.24, 2.45) is 13.0 Å². The molecule has 0 aliphatic heterocycles. The average molecular weight is 341 g/mol. The second kappa shape index (κ2) is 6.88. The Hall–Kier alpha value is -2.26. The maximum Gasteiger partial charge on any atom is 0.308 e. The highest BCUT2D eigenvalue weighted by Crippen LogP contribution is 2.12. The zero-order valence-corrected chi connectivity index (χ0v) is 13.1. The SMILES string of the molecule is Cn1cc(CC(CNS(=O)(=O)c2ccc(F)cc2)C(=O)O)cn1. The van der Waals surface area contributed by atoms with Crippen molar-refractivity contribution in [3.8, 4) is 0 Å². The van der Waals surface area contributed by atoms with Crippen molar-refractivity contribution < 1.29 is 22.7 Å². The van der Waals surface area contributed by atoms with Gasteiger partial charge in [0.1, 0.15) is 5.82 Å². The van der Waals surface area contributed by atoms with Crippen LogP contribution in [0.4, 0.5) is 4.39 Å². The van der Waals surface area contributed by atoms with Crippen LogP contribution in [0.3, 0.4) is 0 Å². The second-order valence-electron chi connectivity index (χ2n) is 5.07. The molecule has 1 unspecified atom stereocenters. The quantitative estimate of drug-likeness (QED) is 0.775. The molecule has 7 nitrogen and oxygen atoms in total. The Balaban J connectivity index is 2.05. The van der Waals surface area contributed by atoms with Gasteiger partial charge >= 0.3 is 5.97 Å². The van der Waals surface area contributed by atoms with Gasteiger partial charge in [-0.2, -0.15) is 5.10 Å². The zero-order chi connectivity index (χ0) is 17.0. The van der Waals surface area contributed by atoms with Crippen LogP contribution >= 0.6 is 0 Å². The standard InChI is InChI=1S/C14H16FN3O4S/c1-18-9-10(7-16-18)6-11(14(19)20)8-17-23(21,22)13-4-2-12(15)3-5-13/h2-5,7,9,11,17H,6,8H2,1H3,(H,19,20). The summed E-state index contributed by atoms with van der Waals surface area (Å²) in [7, 11) is -2.19. The molecule has 0 saturated heterocycles. The Kier molecular flexibility index (Phi) is 5.12. The molecule has 1 aromatic carbocycles. The first-order chi connectivity index (χ1) is 10.8. The lowest BCUT2D eigenvalue weighted by molar-refractivity contribution is -0.141. The summed E-state index contributed by atoms with van der Waals surface area (Å²) in [6.45, 7) is -0.274. The Morgan fingerprint density at radius 3 is 2.57 bits per heavy atom. The highest BCUT2D eigenvalue weighted by Gasteiger charge is 2.22. The van der Waals surface area contributed by atoms with E-state index in [4.69, 9.17) is 0 Å². The van der Waals surface area contributed by atoms with E-state index in [0.717, 1.165) is 24.3 Å². The lowest BCUT2D eigenvalue weighted by atomic mass is 10.0. The van der Waals surface area contributed by atoms with Crippen LogP contribution in [0.5, 0.6) is 0 Å². The molecule has 1 heterocycles. The van der Waals surface area contributed by atoms with Crippen molar-refractivity contribution in [3.05, 3.63) is 48.0 Å². The van der Waals surface area contributed by atoms with Crippen LogP contribution in [0.1, 0.15) is 5.56 Å². The molecule has 0 amide bonds. The van der Waals surface area contributed by atoms with Crippen molar-refractivity contribution in [1.29, 1.82) is 0 Å². The monoisotopic (exact) mass is 341 g/mol. The number of halogens is 1. The minimum Gasteiger partial charge on any atom is -0.481 e. The van der Waals surface area contributed by atoms with Gasteiger partial charge in [0.05, 0.1) is 17.0 Å². The summed E-state index contributed by atoms with van der Waals surface area (Å²) < 4.78 is 40.8. The molecule has 124 valence electrons. The largest absolute Gasteiger partial charge is 0.481 e. The number of aromatic nitrogens is 2. The van der Waals surface area contributed by atoms with E-state index in [1.54, 1.807) is 13.2 Å². The molecule has 1 atom stereocenters. The van der Waals surface area contributed by atoms with Crippen LogP contribution < -0.4 is 4.72 Å². The van der Waals surface area contributed by atoms with Crippen LogP contribution in [-0.4, -0.2) is 35.8 Å². The van der Waals surface area contributed by atoms with Crippen LogP contribution in [0.2, 0.25) is 0 Å². The third-order valence-electron chi connectivity index (χ3n) is 3.23. The molecule has 0 bridgehead atoms. The zero-order valence-electron chi connectivity index (χ0n) is 12.3. The molecule has 0 fully saturated rings.